The van der Waals surface area contributed by atoms with Gasteiger partial charge in [0.05, 0.1) is 12.2 Å². The first-order chi connectivity index (χ1) is 4.63. The molecule has 0 aliphatic heterocycles. The summed E-state index contributed by atoms with van der Waals surface area (Å²) < 4.78 is 10.4. The Balaban J connectivity index is 3.80. The van der Waals surface area contributed by atoms with E-state index in [-0.39, 0.29) is 12.2 Å². The van der Waals surface area contributed by atoms with Crippen LogP contribution in [0.5, 0.6) is 0 Å². The van der Waals surface area contributed by atoms with Crippen molar-refractivity contribution in [1.29, 1.82) is 0 Å². The van der Waals surface area contributed by atoms with Gasteiger partial charge in [-0.1, -0.05) is 13.8 Å². The molecule has 0 bridgehead atoms. The van der Waals surface area contributed by atoms with Gasteiger partial charge in [-0.2, -0.15) is 0 Å². The van der Waals surface area contributed by atoms with Gasteiger partial charge in [0.25, 0.3) is 0 Å². The van der Waals surface area contributed by atoms with Gasteiger partial charge in [-0.25, -0.2) is 0 Å². The van der Waals surface area contributed by atoms with Gasteiger partial charge in [0.15, 0.2) is 0 Å². The lowest BCUT2D eigenvalue weighted by Gasteiger charge is -2.24. The second kappa shape index (κ2) is 4.69. The molecular weight excluding hydrogens is 128 g/mol. The Morgan fingerprint density at radius 1 is 0.900 bits per heavy atom. The highest BCUT2D eigenvalue weighted by Crippen LogP contribution is 2.11. The maximum atomic E-state index is 5.24. The van der Waals surface area contributed by atoms with Crippen LogP contribution in [-0.2, 0) is 9.47 Å². The number of rotatable bonds is 4. The monoisotopic (exact) mass is 146 g/mol. The fourth-order valence-corrected chi connectivity index (χ4v) is 1.14. The number of methoxy groups -OCH3 is 2. The van der Waals surface area contributed by atoms with E-state index >= 15 is 0 Å². The van der Waals surface area contributed by atoms with Gasteiger partial charge >= 0.3 is 0 Å². The highest BCUT2D eigenvalue weighted by molar-refractivity contribution is 4.68. The lowest BCUT2D eigenvalue weighted by molar-refractivity contribution is -0.0487. The molecule has 0 amide bonds. The van der Waals surface area contributed by atoms with Gasteiger partial charge in [-0.3, -0.25) is 0 Å². The second-order valence-corrected chi connectivity index (χ2v) is 2.89. The average molecular weight is 146 g/mol. The molecule has 0 radical (unpaired) electrons. The number of ether oxygens (including phenoxy) is 2. The van der Waals surface area contributed by atoms with Gasteiger partial charge in [0.1, 0.15) is 0 Å². The maximum Gasteiger partial charge on any atom is 0.0852 e. The van der Waals surface area contributed by atoms with E-state index in [9.17, 15) is 0 Å². The summed E-state index contributed by atoms with van der Waals surface area (Å²) in [7, 11) is 3.43. The molecule has 2 atom stereocenters. The Labute approximate surface area is 63.5 Å². The van der Waals surface area contributed by atoms with Crippen LogP contribution >= 0.6 is 0 Å². The zero-order chi connectivity index (χ0) is 8.15. The molecule has 0 rings (SSSR count). The minimum absolute atomic E-state index is 0.185. The van der Waals surface area contributed by atoms with Crippen LogP contribution in [0.4, 0.5) is 0 Å². The number of hydrogen-bond acceptors (Lipinski definition) is 2. The van der Waals surface area contributed by atoms with E-state index in [0.717, 1.165) is 0 Å². The van der Waals surface area contributed by atoms with Gasteiger partial charge in [-0.05, 0) is 12.8 Å². The molecule has 0 saturated carbocycles. The van der Waals surface area contributed by atoms with Crippen LogP contribution in [0.25, 0.3) is 0 Å². The molecule has 2 unspecified atom stereocenters. The summed E-state index contributed by atoms with van der Waals surface area (Å²) in [6.45, 7) is 6.28. The third kappa shape index (κ3) is 2.67. The first-order valence-corrected chi connectivity index (χ1v) is 3.69. The minimum atomic E-state index is 0.185. The summed E-state index contributed by atoms with van der Waals surface area (Å²) in [6.07, 6.45) is 0.398. The Hall–Kier alpha value is -0.0800. The van der Waals surface area contributed by atoms with E-state index in [1.807, 2.05) is 6.92 Å². The molecule has 0 aliphatic rings. The second-order valence-electron chi connectivity index (χ2n) is 2.89. The molecule has 0 aromatic carbocycles. The molecule has 2 heteroatoms. The minimum Gasteiger partial charge on any atom is -0.379 e. The predicted octanol–water partition coefficient (Wildman–Crippen LogP) is 1.69. The zero-order valence-electron chi connectivity index (χ0n) is 7.55. The fraction of sp³-hybridized carbons (Fsp3) is 1.00. The molecule has 0 aliphatic carbocycles. The molecule has 0 N–H and O–H groups in total. The Kier molecular flexibility index (Phi) is 4.65. The standard InChI is InChI=1S/C8H18O2/c1-6(2)8(10-5)7(3)9-4/h6-8H,1-5H3. The van der Waals surface area contributed by atoms with Crippen molar-refractivity contribution >= 4 is 0 Å². The highest BCUT2D eigenvalue weighted by atomic mass is 16.5. The molecule has 62 valence electrons. The van der Waals surface area contributed by atoms with Crippen LogP contribution in [0.1, 0.15) is 20.8 Å². The van der Waals surface area contributed by atoms with Crippen molar-refractivity contribution in [3.8, 4) is 0 Å². The first-order valence-electron chi connectivity index (χ1n) is 3.69. The quantitative estimate of drug-likeness (QED) is 0.601. The van der Waals surface area contributed by atoms with Crippen LogP contribution in [-0.4, -0.2) is 26.4 Å². The van der Waals surface area contributed by atoms with Gasteiger partial charge in [0, 0.05) is 14.2 Å². The molecule has 2 nitrogen and oxygen atoms in total. The van der Waals surface area contributed by atoms with Crippen molar-refractivity contribution in [1.82, 2.24) is 0 Å². The van der Waals surface area contributed by atoms with Crippen molar-refractivity contribution in [2.75, 3.05) is 14.2 Å². The summed E-state index contributed by atoms with van der Waals surface area (Å²) in [6, 6.07) is 0. The molecule has 0 aromatic rings. The van der Waals surface area contributed by atoms with Crippen LogP contribution in [0.2, 0.25) is 0 Å². The summed E-state index contributed by atoms with van der Waals surface area (Å²) in [4.78, 5) is 0. The van der Waals surface area contributed by atoms with Crippen LogP contribution < -0.4 is 0 Å². The maximum absolute atomic E-state index is 5.24. The Bertz CT molecular complexity index is 81.3. The Morgan fingerprint density at radius 2 is 1.40 bits per heavy atom. The third-order valence-corrected chi connectivity index (χ3v) is 1.76. The van der Waals surface area contributed by atoms with Gasteiger partial charge in [0.2, 0.25) is 0 Å². The molecule has 0 fully saturated rings. The van der Waals surface area contributed by atoms with E-state index in [0.29, 0.717) is 5.92 Å². The SMILES string of the molecule is COC(C)C(OC)C(C)C. The van der Waals surface area contributed by atoms with Gasteiger partial charge in [-0.15, -0.1) is 0 Å². The fourth-order valence-electron chi connectivity index (χ4n) is 1.14. The van der Waals surface area contributed by atoms with Crippen molar-refractivity contribution in [3.05, 3.63) is 0 Å². The van der Waals surface area contributed by atoms with E-state index < -0.39 is 0 Å². The van der Waals surface area contributed by atoms with E-state index in [4.69, 9.17) is 9.47 Å². The van der Waals surface area contributed by atoms with Crippen LogP contribution in [0.15, 0.2) is 0 Å². The van der Waals surface area contributed by atoms with Crippen molar-refractivity contribution < 1.29 is 9.47 Å². The molecule has 0 spiro atoms. The summed E-state index contributed by atoms with van der Waals surface area (Å²) in [5.41, 5.74) is 0. The van der Waals surface area contributed by atoms with Crippen LogP contribution in [0, 0.1) is 5.92 Å². The zero-order valence-corrected chi connectivity index (χ0v) is 7.55. The molecule has 0 heterocycles. The largest absolute Gasteiger partial charge is 0.379 e. The van der Waals surface area contributed by atoms with Gasteiger partial charge < -0.3 is 9.47 Å². The molecular formula is C8H18O2. The smallest absolute Gasteiger partial charge is 0.0852 e. The van der Waals surface area contributed by atoms with Crippen LogP contribution in [0.3, 0.4) is 0 Å². The van der Waals surface area contributed by atoms with Crippen molar-refractivity contribution in [2.45, 2.75) is 33.0 Å². The summed E-state index contributed by atoms with van der Waals surface area (Å²) in [5.74, 6) is 0.514. The number of hydrogen-bond donors (Lipinski definition) is 0. The van der Waals surface area contributed by atoms with Crippen molar-refractivity contribution in [2.24, 2.45) is 5.92 Å². The summed E-state index contributed by atoms with van der Waals surface area (Å²) in [5, 5.41) is 0. The lowest BCUT2D eigenvalue weighted by Crippen LogP contribution is -2.31. The first kappa shape index (κ1) is 9.92. The summed E-state index contributed by atoms with van der Waals surface area (Å²) >= 11 is 0. The normalized spacial score (nSPS) is 17.4. The lowest BCUT2D eigenvalue weighted by atomic mass is 10.0. The molecule has 10 heavy (non-hydrogen) atoms. The third-order valence-electron chi connectivity index (χ3n) is 1.76. The van der Waals surface area contributed by atoms with Crippen molar-refractivity contribution in [3.63, 3.8) is 0 Å². The predicted molar refractivity (Wildman–Crippen MR) is 42.1 cm³/mol. The average Bonchev–Trinajstić information content (AvgIpc) is 1.88. The highest BCUT2D eigenvalue weighted by Gasteiger charge is 2.19. The molecule has 0 aromatic heterocycles. The molecule has 0 saturated heterocycles. The Morgan fingerprint density at radius 3 is 1.50 bits per heavy atom. The van der Waals surface area contributed by atoms with E-state index in [2.05, 4.69) is 13.8 Å². The van der Waals surface area contributed by atoms with E-state index in [1.54, 1.807) is 14.2 Å². The van der Waals surface area contributed by atoms with E-state index in [1.165, 1.54) is 0 Å². The topological polar surface area (TPSA) is 18.5 Å².